The highest BCUT2D eigenvalue weighted by Gasteiger charge is 2.31. The molecule has 146 valence electrons. The topological polar surface area (TPSA) is 85.6 Å². The highest BCUT2D eigenvalue weighted by Crippen LogP contribution is 2.30. The van der Waals surface area contributed by atoms with E-state index in [2.05, 4.69) is 25.4 Å². The summed E-state index contributed by atoms with van der Waals surface area (Å²) in [5.41, 5.74) is -0.625. The van der Waals surface area contributed by atoms with Crippen LogP contribution in [0.2, 0.25) is 0 Å². The zero-order chi connectivity index (χ0) is 20.5. The summed E-state index contributed by atoms with van der Waals surface area (Å²) in [6, 6.07) is 4.20. The van der Waals surface area contributed by atoms with Crippen molar-refractivity contribution in [1.82, 2.24) is 30.0 Å². The number of rotatable bonds is 4. The molecule has 1 aromatic carbocycles. The van der Waals surface area contributed by atoms with Crippen molar-refractivity contribution in [2.75, 3.05) is 0 Å². The van der Waals surface area contributed by atoms with Gasteiger partial charge in [-0.05, 0) is 43.7 Å². The molecule has 0 bridgehead atoms. The number of hydrogen-bond acceptors (Lipinski definition) is 5. The molecule has 28 heavy (non-hydrogen) atoms. The molecule has 0 fully saturated rings. The molecular weight excluding hydrogens is 488 g/mol. The Balaban J connectivity index is 1.88. The highest BCUT2D eigenvalue weighted by atomic mass is 127. The maximum absolute atomic E-state index is 13.0. The second-order valence-corrected chi connectivity index (χ2v) is 6.95. The fraction of sp³-hybridized carbons (Fsp3) is 0.235. The number of alkyl halides is 3. The molecule has 1 N–H and O–H groups in total. The number of aromatic nitrogens is 5. The van der Waals surface area contributed by atoms with Crippen molar-refractivity contribution in [2.24, 2.45) is 0 Å². The van der Waals surface area contributed by atoms with E-state index < -0.39 is 23.7 Å². The van der Waals surface area contributed by atoms with Gasteiger partial charge >= 0.3 is 6.18 Å². The fourth-order valence-corrected chi connectivity index (χ4v) is 3.01. The Morgan fingerprint density at radius 1 is 1.21 bits per heavy atom. The van der Waals surface area contributed by atoms with Crippen LogP contribution in [0.3, 0.4) is 0 Å². The van der Waals surface area contributed by atoms with Crippen LogP contribution >= 0.6 is 22.6 Å². The maximum Gasteiger partial charge on any atom is 0.416 e. The third kappa shape index (κ3) is 4.46. The van der Waals surface area contributed by atoms with Crippen molar-refractivity contribution in [3.05, 3.63) is 63.0 Å². The molecular formula is C17H14F3IN6O. The van der Waals surface area contributed by atoms with Gasteiger partial charge in [-0.2, -0.15) is 17.9 Å². The van der Waals surface area contributed by atoms with Gasteiger partial charge in [-0.15, -0.1) is 5.10 Å². The molecule has 0 saturated heterocycles. The van der Waals surface area contributed by atoms with Gasteiger partial charge in [0.15, 0.2) is 5.82 Å². The highest BCUT2D eigenvalue weighted by molar-refractivity contribution is 14.1. The van der Waals surface area contributed by atoms with E-state index in [1.165, 1.54) is 30.1 Å². The summed E-state index contributed by atoms with van der Waals surface area (Å²) in [5, 5.41) is 6.86. The summed E-state index contributed by atoms with van der Waals surface area (Å²) >= 11 is 1.91. The predicted molar refractivity (Wildman–Crippen MR) is 102 cm³/mol. The van der Waals surface area contributed by atoms with Gasteiger partial charge in [-0.1, -0.05) is 0 Å². The molecule has 0 aliphatic heterocycles. The van der Waals surface area contributed by atoms with Gasteiger partial charge in [0.05, 0.1) is 11.6 Å². The van der Waals surface area contributed by atoms with E-state index in [-0.39, 0.29) is 11.5 Å². The van der Waals surface area contributed by atoms with E-state index in [9.17, 15) is 18.0 Å². The Hall–Kier alpha value is -2.57. The number of carbonyl (C=O) groups is 1. The van der Waals surface area contributed by atoms with Gasteiger partial charge in [0.1, 0.15) is 0 Å². The van der Waals surface area contributed by atoms with Gasteiger partial charge in [-0.25, -0.2) is 15.0 Å². The molecule has 3 rings (SSSR count). The number of amides is 1. The molecule has 7 nitrogen and oxygen atoms in total. The van der Waals surface area contributed by atoms with E-state index in [0.29, 0.717) is 15.2 Å². The first-order valence-electron chi connectivity index (χ1n) is 8.05. The predicted octanol–water partition coefficient (Wildman–Crippen LogP) is 3.48. The lowest BCUT2D eigenvalue weighted by molar-refractivity contribution is -0.137. The van der Waals surface area contributed by atoms with E-state index in [1.54, 1.807) is 13.0 Å². The SMILES string of the molecule is Cc1cc(C(=O)NC(C)c2nc(I)nn2-c2ncccn2)cc(C(F)(F)F)c1. The standard InChI is InChI=1S/C17H14F3IN6O/c1-9-6-11(8-12(7-9)17(18,19)20)14(28)24-10(2)13-25-15(21)26-27(13)16-22-4-3-5-23-16/h3-8,10H,1-2H3,(H,24,28). The van der Waals surface area contributed by atoms with Crippen molar-refractivity contribution in [3.8, 4) is 5.95 Å². The van der Waals surface area contributed by atoms with Crippen LogP contribution in [0.4, 0.5) is 13.2 Å². The Kier molecular flexibility index (Phi) is 5.63. The van der Waals surface area contributed by atoms with Crippen molar-refractivity contribution in [3.63, 3.8) is 0 Å². The summed E-state index contributed by atoms with van der Waals surface area (Å²) in [5.74, 6) is -0.0307. The molecule has 3 aromatic rings. The fourth-order valence-electron chi connectivity index (χ4n) is 2.55. The Labute approximate surface area is 171 Å². The van der Waals surface area contributed by atoms with Crippen LogP contribution in [-0.2, 0) is 6.18 Å². The first kappa shape index (κ1) is 20.2. The summed E-state index contributed by atoms with van der Waals surface area (Å²) < 4.78 is 40.8. The zero-order valence-electron chi connectivity index (χ0n) is 14.7. The van der Waals surface area contributed by atoms with Crippen molar-refractivity contribution in [2.45, 2.75) is 26.1 Å². The normalized spacial score (nSPS) is 12.6. The van der Waals surface area contributed by atoms with E-state index >= 15 is 0 Å². The lowest BCUT2D eigenvalue weighted by Crippen LogP contribution is -2.29. The van der Waals surface area contributed by atoms with Crippen LogP contribution in [0.25, 0.3) is 5.95 Å². The van der Waals surface area contributed by atoms with Crippen LogP contribution < -0.4 is 5.32 Å². The molecule has 0 radical (unpaired) electrons. The third-order valence-corrected chi connectivity index (χ3v) is 4.21. The van der Waals surface area contributed by atoms with Crippen LogP contribution in [0.1, 0.15) is 40.3 Å². The molecule has 2 heterocycles. The van der Waals surface area contributed by atoms with E-state index in [4.69, 9.17) is 0 Å². The number of aryl methyl sites for hydroxylation is 1. The molecule has 2 aromatic heterocycles. The van der Waals surface area contributed by atoms with Crippen molar-refractivity contribution >= 4 is 28.5 Å². The van der Waals surface area contributed by atoms with Crippen LogP contribution in [0.5, 0.6) is 0 Å². The minimum absolute atomic E-state index is 0.0871. The number of benzene rings is 1. The number of hydrogen-bond donors (Lipinski definition) is 1. The third-order valence-electron chi connectivity index (χ3n) is 3.75. The average Bonchev–Trinajstić information content (AvgIpc) is 3.03. The van der Waals surface area contributed by atoms with Crippen LogP contribution in [0, 0.1) is 10.8 Å². The molecule has 11 heteroatoms. The average molecular weight is 502 g/mol. The van der Waals surface area contributed by atoms with Gasteiger partial charge < -0.3 is 5.32 Å². The van der Waals surface area contributed by atoms with Crippen LogP contribution in [0.15, 0.2) is 36.7 Å². The second kappa shape index (κ2) is 7.81. The minimum atomic E-state index is -4.53. The van der Waals surface area contributed by atoms with Crippen LogP contribution in [-0.4, -0.2) is 30.6 Å². The lowest BCUT2D eigenvalue weighted by Gasteiger charge is -2.15. The Morgan fingerprint density at radius 3 is 2.54 bits per heavy atom. The van der Waals surface area contributed by atoms with Gasteiger partial charge in [0.2, 0.25) is 3.83 Å². The Bertz CT molecular complexity index is 1010. The number of nitrogens with zero attached hydrogens (tertiary/aromatic N) is 5. The molecule has 0 aliphatic carbocycles. The van der Waals surface area contributed by atoms with Gasteiger partial charge in [0, 0.05) is 40.5 Å². The number of halogens is 4. The number of carbonyl (C=O) groups excluding carboxylic acids is 1. The molecule has 1 amide bonds. The summed E-state index contributed by atoms with van der Waals surface area (Å²) in [4.78, 5) is 25.0. The summed E-state index contributed by atoms with van der Waals surface area (Å²) in [6.45, 7) is 3.15. The van der Waals surface area contributed by atoms with E-state index in [0.717, 1.165) is 12.1 Å². The molecule has 0 aliphatic rings. The molecule has 1 unspecified atom stereocenters. The first-order chi connectivity index (χ1) is 13.1. The van der Waals surface area contributed by atoms with Crippen molar-refractivity contribution in [1.29, 1.82) is 0 Å². The molecule has 1 atom stereocenters. The van der Waals surface area contributed by atoms with Crippen molar-refractivity contribution < 1.29 is 18.0 Å². The number of nitrogens with one attached hydrogen (secondary N) is 1. The van der Waals surface area contributed by atoms with Gasteiger partial charge in [0.25, 0.3) is 11.9 Å². The summed E-state index contributed by atoms with van der Waals surface area (Å²) in [7, 11) is 0. The Morgan fingerprint density at radius 2 is 1.89 bits per heavy atom. The van der Waals surface area contributed by atoms with Gasteiger partial charge in [-0.3, -0.25) is 4.79 Å². The second-order valence-electron chi connectivity index (χ2n) is 5.98. The lowest BCUT2D eigenvalue weighted by atomic mass is 10.1. The minimum Gasteiger partial charge on any atom is -0.342 e. The smallest absolute Gasteiger partial charge is 0.342 e. The largest absolute Gasteiger partial charge is 0.416 e. The molecule has 0 saturated carbocycles. The zero-order valence-corrected chi connectivity index (χ0v) is 16.9. The first-order valence-corrected chi connectivity index (χ1v) is 9.12. The monoisotopic (exact) mass is 502 g/mol. The quantitative estimate of drug-likeness (QED) is 0.553. The van der Waals surface area contributed by atoms with E-state index in [1.807, 2.05) is 22.6 Å². The maximum atomic E-state index is 13.0. The summed E-state index contributed by atoms with van der Waals surface area (Å²) in [6.07, 6.45) is -1.46. The molecule has 0 spiro atoms.